The molecule has 0 saturated heterocycles. The van der Waals surface area contributed by atoms with Crippen LogP contribution < -0.4 is 5.32 Å². The lowest BCUT2D eigenvalue weighted by molar-refractivity contribution is -0.134. The lowest BCUT2D eigenvalue weighted by atomic mass is 9.88. The monoisotopic (exact) mass is 426 g/mol. The Morgan fingerprint density at radius 1 is 1.00 bits per heavy atom. The van der Waals surface area contributed by atoms with E-state index < -0.39 is 24.3 Å². The zero-order valence-corrected chi connectivity index (χ0v) is 18.9. The van der Waals surface area contributed by atoms with Gasteiger partial charge in [-0.2, -0.15) is 0 Å². The number of ether oxygens (including phenoxy) is 1. The molecule has 2 N–H and O–H groups in total. The molecule has 2 aromatic carbocycles. The number of carbonyl (C=O) groups excluding carboxylic acids is 2. The predicted octanol–water partition coefficient (Wildman–Crippen LogP) is 3.94. The maximum atomic E-state index is 13.0. The van der Waals surface area contributed by atoms with Crippen molar-refractivity contribution < 1.29 is 19.4 Å². The number of aliphatic hydroxyl groups is 1. The zero-order valence-electron chi connectivity index (χ0n) is 18.9. The molecule has 31 heavy (non-hydrogen) atoms. The van der Waals surface area contributed by atoms with E-state index in [1.165, 1.54) is 11.1 Å². The number of hydrogen-bond acceptors (Lipinski definition) is 4. The molecule has 0 saturated carbocycles. The Bertz CT molecular complexity index is 779. The summed E-state index contributed by atoms with van der Waals surface area (Å²) in [5, 5.41) is 12.2. The molecular formula is C25H34N2O4. The van der Waals surface area contributed by atoms with Crippen molar-refractivity contribution in [2.45, 2.75) is 51.7 Å². The molecule has 0 heterocycles. The minimum atomic E-state index is -1.04. The summed E-state index contributed by atoms with van der Waals surface area (Å²) in [5.74, 6) is -0.189. The summed E-state index contributed by atoms with van der Waals surface area (Å²) in [7, 11) is 0. The van der Waals surface area contributed by atoms with Crippen molar-refractivity contribution in [3.63, 3.8) is 0 Å². The van der Waals surface area contributed by atoms with Gasteiger partial charge >= 0.3 is 6.09 Å². The van der Waals surface area contributed by atoms with Gasteiger partial charge in [-0.1, -0.05) is 60.7 Å². The van der Waals surface area contributed by atoms with Gasteiger partial charge in [0.15, 0.2) is 0 Å². The van der Waals surface area contributed by atoms with Crippen molar-refractivity contribution >= 4 is 12.0 Å². The number of amides is 2. The molecule has 0 unspecified atom stereocenters. The quantitative estimate of drug-likeness (QED) is 0.637. The number of rotatable bonds is 9. The molecule has 2 amide bonds. The van der Waals surface area contributed by atoms with Crippen LogP contribution in [0.25, 0.3) is 0 Å². The Balaban J connectivity index is 2.10. The van der Waals surface area contributed by atoms with Crippen LogP contribution in [0.1, 0.15) is 51.2 Å². The Morgan fingerprint density at radius 2 is 1.52 bits per heavy atom. The molecule has 0 spiro atoms. The fourth-order valence-electron chi connectivity index (χ4n) is 3.46. The number of nitrogens with zero attached hydrogens (tertiary/aromatic N) is 1. The van der Waals surface area contributed by atoms with E-state index in [1.54, 1.807) is 25.7 Å². The van der Waals surface area contributed by atoms with Crippen LogP contribution in [0, 0.1) is 0 Å². The van der Waals surface area contributed by atoms with Gasteiger partial charge < -0.3 is 20.1 Å². The Labute approximate surface area is 185 Å². The highest BCUT2D eigenvalue weighted by Gasteiger charge is 2.27. The number of hydrogen-bond donors (Lipinski definition) is 2. The maximum Gasteiger partial charge on any atom is 0.408 e. The van der Waals surface area contributed by atoms with Crippen molar-refractivity contribution in [3.8, 4) is 0 Å². The molecule has 0 radical (unpaired) electrons. The second-order valence-corrected chi connectivity index (χ2v) is 8.46. The van der Waals surface area contributed by atoms with Crippen molar-refractivity contribution in [2.75, 3.05) is 19.7 Å². The van der Waals surface area contributed by atoms with Crippen molar-refractivity contribution in [3.05, 3.63) is 71.8 Å². The standard InChI is InChI=1S/C25H34N2O4/c1-5-27(23(29)22(18-28)26-24(30)31-25(2,3)4)17-16-21(19-12-8-6-9-13-19)20-14-10-7-11-15-20/h6-15,21-22,28H,5,16-18H2,1-4H3,(H,26,30)/t22-/m0/s1. The molecule has 0 aromatic heterocycles. The molecule has 2 aromatic rings. The predicted molar refractivity (Wildman–Crippen MR) is 122 cm³/mol. The van der Waals surface area contributed by atoms with E-state index in [0.717, 1.165) is 6.42 Å². The fraction of sp³-hybridized carbons (Fsp3) is 0.440. The van der Waals surface area contributed by atoms with Gasteiger partial charge in [-0.05, 0) is 45.2 Å². The van der Waals surface area contributed by atoms with E-state index in [-0.39, 0.29) is 11.8 Å². The molecule has 0 aliphatic rings. The number of aliphatic hydroxyl groups excluding tert-OH is 1. The van der Waals surface area contributed by atoms with E-state index >= 15 is 0 Å². The van der Waals surface area contributed by atoms with Gasteiger partial charge in [0.25, 0.3) is 0 Å². The third kappa shape index (κ3) is 7.72. The Kier molecular flexibility index (Phi) is 9.06. The van der Waals surface area contributed by atoms with E-state index in [2.05, 4.69) is 29.6 Å². The van der Waals surface area contributed by atoms with Gasteiger partial charge in [-0.25, -0.2) is 4.79 Å². The number of alkyl carbamates (subject to hydrolysis) is 1. The van der Waals surface area contributed by atoms with E-state index in [0.29, 0.717) is 13.1 Å². The van der Waals surface area contributed by atoms with Gasteiger partial charge in [0.1, 0.15) is 11.6 Å². The summed E-state index contributed by atoms with van der Waals surface area (Å²) in [4.78, 5) is 26.7. The summed E-state index contributed by atoms with van der Waals surface area (Å²) in [6.45, 7) is 7.60. The highest BCUT2D eigenvalue weighted by atomic mass is 16.6. The van der Waals surface area contributed by atoms with Crippen LogP contribution in [0.5, 0.6) is 0 Å². The molecule has 2 rings (SSSR count). The first kappa shape index (κ1) is 24.4. The normalized spacial score (nSPS) is 12.3. The summed E-state index contributed by atoms with van der Waals surface area (Å²) >= 11 is 0. The topological polar surface area (TPSA) is 78.9 Å². The van der Waals surface area contributed by atoms with Crippen LogP contribution in [0.2, 0.25) is 0 Å². The second kappa shape index (κ2) is 11.5. The minimum Gasteiger partial charge on any atom is -0.444 e. The smallest absolute Gasteiger partial charge is 0.408 e. The summed E-state index contributed by atoms with van der Waals surface area (Å²) < 4.78 is 5.22. The van der Waals surface area contributed by atoms with Gasteiger partial charge in [0, 0.05) is 19.0 Å². The SMILES string of the molecule is CCN(CCC(c1ccccc1)c1ccccc1)C(=O)[C@H](CO)NC(=O)OC(C)(C)C. The first-order valence-corrected chi connectivity index (χ1v) is 10.7. The van der Waals surface area contributed by atoms with Crippen LogP contribution in [0.3, 0.4) is 0 Å². The van der Waals surface area contributed by atoms with E-state index in [9.17, 15) is 14.7 Å². The van der Waals surface area contributed by atoms with Crippen molar-refractivity contribution in [1.82, 2.24) is 10.2 Å². The minimum absolute atomic E-state index is 0.135. The van der Waals surface area contributed by atoms with Crippen LogP contribution in [-0.4, -0.2) is 53.3 Å². The van der Waals surface area contributed by atoms with E-state index in [1.807, 2.05) is 43.3 Å². The van der Waals surface area contributed by atoms with Crippen LogP contribution in [0.15, 0.2) is 60.7 Å². The number of benzene rings is 2. The molecule has 6 nitrogen and oxygen atoms in total. The lowest BCUT2D eigenvalue weighted by Gasteiger charge is -2.29. The molecule has 0 aliphatic heterocycles. The zero-order chi connectivity index (χ0) is 22.9. The summed E-state index contributed by atoms with van der Waals surface area (Å²) in [5.41, 5.74) is 1.68. The summed E-state index contributed by atoms with van der Waals surface area (Å²) in [6.07, 6.45) is 0.000430. The van der Waals surface area contributed by atoms with Crippen LogP contribution in [0.4, 0.5) is 4.79 Å². The average molecular weight is 427 g/mol. The molecule has 0 aliphatic carbocycles. The van der Waals surface area contributed by atoms with E-state index in [4.69, 9.17) is 4.74 Å². The highest BCUT2D eigenvalue weighted by Crippen LogP contribution is 2.28. The molecule has 0 bridgehead atoms. The molecular weight excluding hydrogens is 392 g/mol. The lowest BCUT2D eigenvalue weighted by Crippen LogP contribution is -2.51. The summed E-state index contributed by atoms with van der Waals surface area (Å²) in [6, 6.07) is 19.4. The van der Waals surface area contributed by atoms with Crippen molar-refractivity contribution in [1.29, 1.82) is 0 Å². The fourth-order valence-corrected chi connectivity index (χ4v) is 3.46. The Hall–Kier alpha value is -2.86. The number of nitrogens with one attached hydrogen (secondary N) is 1. The van der Waals surface area contributed by atoms with Gasteiger partial charge in [-0.3, -0.25) is 4.79 Å². The first-order valence-electron chi connectivity index (χ1n) is 10.7. The van der Waals surface area contributed by atoms with Crippen LogP contribution >= 0.6 is 0 Å². The van der Waals surface area contributed by atoms with Crippen molar-refractivity contribution in [2.24, 2.45) is 0 Å². The second-order valence-electron chi connectivity index (χ2n) is 8.46. The first-order chi connectivity index (χ1) is 14.7. The third-order valence-corrected chi connectivity index (χ3v) is 4.96. The average Bonchev–Trinajstić information content (AvgIpc) is 2.75. The molecule has 6 heteroatoms. The van der Waals surface area contributed by atoms with Gasteiger partial charge in [-0.15, -0.1) is 0 Å². The number of likely N-dealkylation sites (N-methyl/N-ethyl adjacent to an activating group) is 1. The maximum absolute atomic E-state index is 13.0. The highest BCUT2D eigenvalue weighted by molar-refractivity contribution is 5.85. The van der Waals surface area contributed by atoms with Crippen LogP contribution in [-0.2, 0) is 9.53 Å². The van der Waals surface area contributed by atoms with Gasteiger partial charge in [0.2, 0.25) is 5.91 Å². The molecule has 168 valence electrons. The number of carbonyl (C=O) groups is 2. The largest absolute Gasteiger partial charge is 0.444 e. The molecule has 0 fully saturated rings. The third-order valence-electron chi connectivity index (χ3n) is 4.96. The van der Waals surface area contributed by atoms with Gasteiger partial charge in [0.05, 0.1) is 6.61 Å². The molecule has 1 atom stereocenters. The Morgan fingerprint density at radius 3 is 1.94 bits per heavy atom.